The number of anilines is 1. The Morgan fingerprint density at radius 1 is 0.966 bits per heavy atom. The highest BCUT2D eigenvalue weighted by Crippen LogP contribution is 2.30. The molecule has 1 N–H and O–H groups in total. The van der Waals surface area contributed by atoms with E-state index in [1.165, 1.54) is 0 Å². The van der Waals surface area contributed by atoms with Crippen molar-refractivity contribution in [1.29, 1.82) is 0 Å². The number of amides is 1. The highest BCUT2D eigenvalue weighted by Gasteiger charge is 2.20. The summed E-state index contributed by atoms with van der Waals surface area (Å²) >= 11 is 6.39. The van der Waals surface area contributed by atoms with E-state index >= 15 is 0 Å². The topological polar surface area (TPSA) is 56.1 Å². The number of carbonyl (C=O) groups is 1. The van der Waals surface area contributed by atoms with Gasteiger partial charge in [0.2, 0.25) is 0 Å². The normalized spacial score (nSPS) is 10.6. The highest BCUT2D eigenvalue weighted by molar-refractivity contribution is 6.33. The molecule has 0 unspecified atom stereocenters. The van der Waals surface area contributed by atoms with Crippen LogP contribution in [0.4, 0.5) is 5.69 Å². The monoisotopic (exact) mass is 403 g/mol. The summed E-state index contributed by atoms with van der Waals surface area (Å²) in [6.07, 6.45) is 1.72. The number of aromatic nitrogens is 2. The Balaban J connectivity index is 1.75. The van der Waals surface area contributed by atoms with Crippen LogP contribution in [0.2, 0.25) is 5.02 Å². The Morgan fingerprint density at radius 3 is 2.34 bits per heavy atom. The van der Waals surface area contributed by atoms with Gasteiger partial charge in [-0.3, -0.25) is 4.79 Å². The average molecular weight is 404 g/mol. The molecule has 1 amide bonds. The number of hydrogen-bond acceptors (Lipinski definition) is 3. The molecule has 4 rings (SSSR count). The molecule has 0 spiro atoms. The van der Waals surface area contributed by atoms with Crippen molar-refractivity contribution in [2.24, 2.45) is 0 Å². The van der Waals surface area contributed by atoms with E-state index in [0.717, 1.165) is 11.4 Å². The van der Waals surface area contributed by atoms with Crippen LogP contribution in [0.1, 0.15) is 10.4 Å². The van der Waals surface area contributed by atoms with Gasteiger partial charge in [-0.2, -0.15) is 5.10 Å². The first-order chi connectivity index (χ1) is 14.2. The Hall–Kier alpha value is -3.57. The molecule has 0 aliphatic heterocycles. The number of ether oxygens (including phenoxy) is 1. The lowest BCUT2D eigenvalue weighted by Crippen LogP contribution is -2.12. The maximum atomic E-state index is 13.1. The van der Waals surface area contributed by atoms with E-state index in [0.29, 0.717) is 27.5 Å². The first kappa shape index (κ1) is 18.8. The predicted octanol–water partition coefficient (Wildman–Crippen LogP) is 5.45. The number of para-hydroxylation sites is 1. The molecule has 6 heteroatoms. The molecule has 29 heavy (non-hydrogen) atoms. The van der Waals surface area contributed by atoms with Gasteiger partial charge in [-0.05, 0) is 42.5 Å². The molecular weight excluding hydrogens is 386 g/mol. The molecule has 4 aromatic rings. The van der Waals surface area contributed by atoms with Crippen LogP contribution >= 0.6 is 11.6 Å². The third kappa shape index (κ3) is 4.00. The van der Waals surface area contributed by atoms with Crippen LogP contribution < -0.4 is 10.1 Å². The van der Waals surface area contributed by atoms with Crippen molar-refractivity contribution in [3.8, 4) is 22.7 Å². The summed E-state index contributed by atoms with van der Waals surface area (Å²) < 4.78 is 6.84. The van der Waals surface area contributed by atoms with Gasteiger partial charge in [0.25, 0.3) is 5.91 Å². The molecule has 0 bridgehead atoms. The van der Waals surface area contributed by atoms with Crippen LogP contribution in [0, 0.1) is 0 Å². The van der Waals surface area contributed by atoms with Crippen molar-refractivity contribution in [3.05, 3.63) is 95.6 Å². The zero-order chi connectivity index (χ0) is 20.2. The van der Waals surface area contributed by atoms with Crippen molar-refractivity contribution < 1.29 is 9.53 Å². The molecule has 0 atom stereocenters. The third-order valence-electron chi connectivity index (χ3n) is 4.46. The van der Waals surface area contributed by atoms with Gasteiger partial charge in [-0.15, -0.1) is 0 Å². The summed E-state index contributed by atoms with van der Waals surface area (Å²) in [6.45, 7) is 0. The fourth-order valence-electron chi connectivity index (χ4n) is 2.98. The van der Waals surface area contributed by atoms with Gasteiger partial charge in [0, 0.05) is 17.4 Å². The van der Waals surface area contributed by atoms with Gasteiger partial charge < -0.3 is 10.1 Å². The lowest BCUT2D eigenvalue weighted by atomic mass is 10.1. The summed E-state index contributed by atoms with van der Waals surface area (Å²) in [5.74, 6) is 0.448. The van der Waals surface area contributed by atoms with Crippen molar-refractivity contribution in [3.63, 3.8) is 0 Å². The van der Waals surface area contributed by atoms with E-state index < -0.39 is 0 Å². The van der Waals surface area contributed by atoms with Crippen molar-refractivity contribution in [2.75, 3.05) is 12.4 Å². The molecule has 0 fully saturated rings. The number of carbonyl (C=O) groups excluding carboxylic acids is 1. The van der Waals surface area contributed by atoms with Gasteiger partial charge in [-0.25, -0.2) is 4.68 Å². The molecule has 144 valence electrons. The molecule has 1 aromatic heterocycles. The van der Waals surface area contributed by atoms with Crippen molar-refractivity contribution >= 4 is 23.2 Å². The second-order valence-corrected chi connectivity index (χ2v) is 6.74. The van der Waals surface area contributed by atoms with Crippen molar-refractivity contribution in [2.45, 2.75) is 0 Å². The molecule has 1 heterocycles. The summed E-state index contributed by atoms with van der Waals surface area (Å²) in [5.41, 5.74) is 3.16. The van der Waals surface area contributed by atoms with Crippen LogP contribution in [-0.2, 0) is 0 Å². The van der Waals surface area contributed by atoms with Gasteiger partial charge in [0.05, 0.1) is 23.4 Å². The summed E-state index contributed by atoms with van der Waals surface area (Å²) in [7, 11) is 1.60. The number of benzene rings is 3. The number of methoxy groups -OCH3 is 1. The fourth-order valence-corrected chi connectivity index (χ4v) is 3.20. The number of rotatable bonds is 5. The number of halogens is 1. The van der Waals surface area contributed by atoms with Gasteiger partial charge >= 0.3 is 0 Å². The second kappa shape index (κ2) is 8.20. The lowest BCUT2D eigenvalue weighted by Gasteiger charge is -2.07. The van der Waals surface area contributed by atoms with E-state index in [-0.39, 0.29) is 5.91 Å². The molecule has 3 aromatic carbocycles. The Kier molecular flexibility index (Phi) is 5.31. The predicted molar refractivity (Wildman–Crippen MR) is 115 cm³/mol. The minimum atomic E-state index is -0.271. The second-order valence-electron chi connectivity index (χ2n) is 6.33. The maximum absolute atomic E-state index is 13.1. The SMILES string of the molecule is COc1ccc(NC(=O)c2cn(-c3ccccc3)nc2-c2ccccc2Cl)cc1. The van der Waals surface area contributed by atoms with E-state index in [2.05, 4.69) is 10.4 Å². The van der Waals surface area contributed by atoms with Crippen molar-refractivity contribution in [1.82, 2.24) is 9.78 Å². The first-order valence-corrected chi connectivity index (χ1v) is 9.39. The molecule has 0 saturated heterocycles. The summed E-state index contributed by atoms with van der Waals surface area (Å²) in [6, 6.07) is 24.1. The van der Waals surface area contributed by atoms with Crippen LogP contribution in [0.3, 0.4) is 0 Å². The zero-order valence-corrected chi connectivity index (χ0v) is 16.4. The van der Waals surface area contributed by atoms with E-state index in [4.69, 9.17) is 16.3 Å². The molecule has 0 aliphatic rings. The number of hydrogen-bond donors (Lipinski definition) is 1. The zero-order valence-electron chi connectivity index (χ0n) is 15.7. The minimum absolute atomic E-state index is 0.271. The minimum Gasteiger partial charge on any atom is -0.497 e. The molecular formula is C23H18ClN3O2. The summed E-state index contributed by atoms with van der Waals surface area (Å²) in [5, 5.41) is 8.10. The molecule has 0 saturated carbocycles. The Morgan fingerprint density at radius 2 is 1.66 bits per heavy atom. The molecule has 5 nitrogen and oxygen atoms in total. The molecule has 0 aliphatic carbocycles. The summed E-state index contributed by atoms with van der Waals surface area (Å²) in [4.78, 5) is 13.1. The lowest BCUT2D eigenvalue weighted by molar-refractivity contribution is 0.102. The van der Waals surface area contributed by atoms with Crippen LogP contribution in [0.15, 0.2) is 85.1 Å². The van der Waals surface area contributed by atoms with Crippen LogP contribution in [-0.4, -0.2) is 22.8 Å². The third-order valence-corrected chi connectivity index (χ3v) is 4.79. The van der Waals surface area contributed by atoms with Gasteiger partial charge in [-0.1, -0.05) is 48.0 Å². The maximum Gasteiger partial charge on any atom is 0.259 e. The van der Waals surface area contributed by atoms with E-state index in [1.54, 1.807) is 48.3 Å². The largest absolute Gasteiger partial charge is 0.497 e. The smallest absolute Gasteiger partial charge is 0.259 e. The number of nitrogens with one attached hydrogen (secondary N) is 1. The Bertz CT molecular complexity index is 1140. The fraction of sp³-hybridized carbons (Fsp3) is 0.0435. The van der Waals surface area contributed by atoms with Crippen LogP contribution in [0.25, 0.3) is 16.9 Å². The highest BCUT2D eigenvalue weighted by atomic mass is 35.5. The standard InChI is InChI=1S/C23H18ClN3O2/c1-29-18-13-11-16(12-14-18)25-23(28)20-15-27(17-7-3-2-4-8-17)26-22(20)19-9-5-6-10-21(19)24/h2-15H,1H3,(H,25,28). The average Bonchev–Trinajstić information content (AvgIpc) is 3.21. The van der Waals surface area contributed by atoms with E-state index in [1.807, 2.05) is 48.5 Å². The first-order valence-electron chi connectivity index (χ1n) is 9.01. The van der Waals surface area contributed by atoms with Gasteiger partial charge in [0.15, 0.2) is 0 Å². The van der Waals surface area contributed by atoms with Gasteiger partial charge in [0.1, 0.15) is 11.4 Å². The number of nitrogens with zero attached hydrogens (tertiary/aromatic N) is 2. The Labute approximate surface area is 173 Å². The van der Waals surface area contributed by atoms with E-state index in [9.17, 15) is 4.79 Å². The molecule has 0 radical (unpaired) electrons. The van der Waals surface area contributed by atoms with Crippen LogP contribution in [0.5, 0.6) is 5.75 Å². The quantitative estimate of drug-likeness (QED) is 0.481.